The monoisotopic (exact) mass is 244 g/mol. The van der Waals surface area contributed by atoms with E-state index in [2.05, 4.69) is 5.43 Å². The van der Waals surface area contributed by atoms with E-state index < -0.39 is 29.5 Å². The number of hydrazine groups is 1. The molecule has 1 fully saturated rings. The number of nitrogens with zero attached hydrogens (tertiary/aromatic N) is 1. The summed E-state index contributed by atoms with van der Waals surface area (Å²) in [5.41, 5.74) is 1.58. The third-order valence-corrected chi connectivity index (χ3v) is 2.06. The van der Waals surface area contributed by atoms with Gasteiger partial charge in [0.1, 0.15) is 5.60 Å². The molecule has 0 saturated carbocycles. The Morgan fingerprint density at radius 3 is 2.53 bits per heavy atom. The highest BCUT2D eigenvalue weighted by molar-refractivity contribution is 5.86. The molecule has 96 valence electrons. The second kappa shape index (κ2) is 4.60. The fourth-order valence-electron chi connectivity index (χ4n) is 1.35. The van der Waals surface area contributed by atoms with Crippen LogP contribution in [0.1, 0.15) is 27.2 Å². The average molecular weight is 244 g/mol. The molecule has 0 aromatic carbocycles. The molecule has 1 heterocycles. The van der Waals surface area contributed by atoms with Crippen molar-refractivity contribution >= 4 is 18.0 Å². The van der Waals surface area contributed by atoms with Gasteiger partial charge in [-0.25, -0.2) is 9.80 Å². The third kappa shape index (κ3) is 3.93. The number of nitrogens with one attached hydrogen (secondary N) is 1. The molecule has 0 radical (unpaired) electrons. The fourth-order valence-corrected chi connectivity index (χ4v) is 1.35. The molecule has 0 aromatic rings. The van der Waals surface area contributed by atoms with Crippen LogP contribution in [0.4, 0.5) is 4.79 Å². The van der Waals surface area contributed by atoms with Gasteiger partial charge in [0.25, 0.3) is 0 Å². The van der Waals surface area contributed by atoms with Gasteiger partial charge in [-0.2, -0.15) is 0 Å². The summed E-state index contributed by atoms with van der Waals surface area (Å²) in [7, 11) is 0. The first-order chi connectivity index (χ1) is 7.69. The summed E-state index contributed by atoms with van der Waals surface area (Å²) in [6.45, 7) is 4.97. The van der Waals surface area contributed by atoms with E-state index in [0.29, 0.717) is 0 Å². The van der Waals surface area contributed by atoms with Gasteiger partial charge in [0.05, 0.1) is 12.5 Å². The molecule has 0 aromatic heterocycles. The molecule has 2 amide bonds. The molecular formula is C10H16N2O5. The van der Waals surface area contributed by atoms with Crippen molar-refractivity contribution in [2.24, 2.45) is 5.92 Å². The van der Waals surface area contributed by atoms with E-state index in [1.807, 2.05) is 0 Å². The Hall–Kier alpha value is -1.79. The van der Waals surface area contributed by atoms with Gasteiger partial charge in [0, 0.05) is 6.42 Å². The Kier molecular flexibility index (Phi) is 3.59. The number of carboxylic acid groups (broad SMARTS) is 1. The topological polar surface area (TPSA) is 95.9 Å². The summed E-state index contributed by atoms with van der Waals surface area (Å²) < 4.78 is 5.03. The summed E-state index contributed by atoms with van der Waals surface area (Å²) >= 11 is 0. The summed E-state index contributed by atoms with van der Waals surface area (Å²) in [5.74, 6) is -2.50. The number of carbonyl (C=O) groups excluding carboxylic acids is 2. The van der Waals surface area contributed by atoms with Crippen LogP contribution in [-0.2, 0) is 14.3 Å². The Morgan fingerprint density at radius 1 is 1.47 bits per heavy atom. The Balaban J connectivity index is 2.67. The first-order valence-corrected chi connectivity index (χ1v) is 5.22. The minimum Gasteiger partial charge on any atom is -0.481 e. The molecule has 7 nitrogen and oxygen atoms in total. The van der Waals surface area contributed by atoms with Crippen molar-refractivity contribution in [3.63, 3.8) is 0 Å². The number of carboxylic acids is 1. The van der Waals surface area contributed by atoms with Gasteiger partial charge < -0.3 is 9.84 Å². The van der Waals surface area contributed by atoms with Crippen molar-refractivity contribution in [1.82, 2.24) is 10.4 Å². The van der Waals surface area contributed by atoms with E-state index in [1.54, 1.807) is 20.8 Å². The highest BCUT2D eigenvalue weighted by Gasteiger charge is 2.34. The van der Waals surface area contributed by atoms with Crippen LogP contribution in [0.15, 0.2) is 0 Å². The van der Waals surface area contributed by atoms with Gasteiger partial charge in [0.2, 0.25) is 5.91 Å². The summed E-state index contributed by atoms with van der Waals surface area (Å²) in [6, 6.07) is 0. The zero-order chi connectivity index (χ0) is 13.2. The van der Waals surface area contributed by atoms with Crippen molar-refractivity contribution in [1.29, 1.82) is 0 Å². The van der Waals surface area contributed by atoms with Crippen LogP contribution in [0.2, 0.25) is 0 Å². The van der Waals surface area contributed by atoms with Gasteiger partial charge in [-0.05, 0) is 20.8 Å². The molecule has 1 saturated heterocycles. The van der Waals surface area contributed by atoms with Gasteiger partial charge in [0.15, 0.2) is 0 Å². The maximum Gasteiger partial charge on any atom is 0.429 e. The minimum atomic E-state index is -1.10. The standard InChI is InChI=1S/C10H16N2O5/c1-10(2,3)17-9(16)12-5-6(8(14)15)4-7(13)11-12/h6H,4-5H2,1-3H3,(H,11,13)(H,14,15). The smallest absolute Gasteiger partial charge is 0.429 e. The first-order valence-electron chi connectivity index (χ1n) is 5.22. The summed E-state index contributed by atoms with van der Waals surface area (Å²) in [5, 5.41) is 9.73. The van der Waals surface area contributed by atoms with Crippen LogP contribution in [0.5, 0.6) is 0 Å². The number of amides is 2. The molecule has 17 heavy (non-hydrogen) atoms. The molecule has 7 heteroatoms. The molecule has 2 N–H and O–H groups in total. The number of aliphatic carboxylic acids is 1. The van der Waals surface area contributed by atoms with Crippen LogP contribution in [0, 0.1) is 5.92 Å². The van der Waals surface area contributed by atoms with Crippen molar-refractivity contribution in [3.8, 4) is 0 Å². The molecule has 0 spiro atoms. The van der Waals surface area contributed by atoms with Crippen molar-refractivity contribution in [2.45, 2.75) is 32.8 Å². The second-order valence-corrected chi connectivity index (χ2v) is 4.87. The largest absolute Gasteiger partial charge is 0.481 e. The number of hydrogen-bond acceptors (Lipinski definition) is 4. The second-order valence-electron chi connectivity index (χ2n) is 4.87. The van der Waals surface area contributed by atoms with Gasteiger partial charge >= 0.3 is 12.1 Å². The fraction of sp³-hybridized carbons (Fsp3) is 0.700. The molecule has 1 unspecified atom stereocenters. The predicted octanol–water partition coefficient (Wildman–Crippen LogP) is 0.359. The highest BCUT2D eigenvalue weighted by atomic mass is 16.6. The normalized spacial score (nSPS) is 20.8. The number of carbonyl (C=O) groups is 3. The molecule has 1 rings (SSSR count). The maximum atomic E-state index is 11.6. The zero-order valence-corrected chi connectivity index (χ0v) is 10.0. The van der Waals surface area contributed by atoms with Crippen LogP contribution in [0.25, 0.3) is 0 Å². The minimum absolute atomic E-state index is 0.0873. The first kappa shape index (κ1) is 13.3. The summed E-state index contributed by atoms with van der Waals surface area (Å²) in [6.07, 6.45) is -0.883. The van der Waals surface area contributed by atoms with Crippen molar-refractivity contribution in [3.05, 3.63) is 0 Å². The van der Waals surface area contributed by atoms with E-state index in [0.717, 1.165) is 5.01 Å². The van der Waals surface area contributed by atoms with Gasteiger partial charge in [-0.3, -0.25) is 15.0 Å². The van der Waals surface area contributed by atoms with E-state index in [-0.39, 0.29) is 13.0 Å². The van der Waals surface area contributed by atoms with Crippen LogP contribution < -0.4 is 5.43 Å². The molecule has 0 aliphatic carbocycles. The number of hydrogen-bond donors (Lipinski definition) is 2. The van der Waals surface area contributed by atoms with E-state index >= 15 is 0 Å². The zero-order valence-electron chi connectivity index (χ0n) is 10.0. The lowest BCUT2D eigenvalue weighted by molar-refractivity contribution is -0.149. The van der Waals surface area contributed by atoms with E-state index in [9.17, 15) is 14.4 Å². The maximum absolute atomic E-state index is 11.6. The van der Waals surface area contributed by atoms with Crippen LogP contribution in [0.3, 0.4) is 0 Å². The Labute approximate surface area is 98.7 Å². The van der Waals surface area contributed by atoms with Crippen molar-refractivity contribution in [2.75, 3.05) is 6.54 Å². The third-order valence-electron chi connectivity index (χ3n) is 2.06. The van der Waals surface area contributed by atoms with Crippen LogP contribution in [-0.4, -0.2) is 40.2 Å². The van der Waals surface area contributed by atoms with Gasteiger partial charge in [-0.1, -0.05) is 0 Å². The van der Waals surface area contributed by atoms with E-state index in [4.69, 9.17) is 9.84 Å². The average Bonchev–Trinajstić information content (AvgIpc) is 2.13. The highest BCUT2D eigenvalue weighted by Crippen LogP contribution is 2.15. The van der Waals surface area contributed by atoms with E-state index in [1.165, 1.54) is 0 Å². The Morgan fingerprint density at radius 2 is 2.06 bits per heavy atom. The molecule has 0 bridgehead atoms. The molecule has 1 atom stereocenters. The predicted molar refractivity (Wildman–Crippen MR) is 56.8 cm³/mol. The van der Waals surface area contributed by atoms with Gasteiger partial charge in [-0.15, -0.1) is 0 Å². The lowest BCUT2D eigenvalue weighted by atomic mass is 10.0. The van der Waals surface area contributed by atoms with Crippen molar-refractivity contribution < 1.29 is 24.2 Å². The quantitative estimate of drug-likeness (QED) is 0.694. The van der Waals surface area contributed by atoms with Crippen LogP contribution >= 0.6 is 0 Å². The SMILES string of the molecule is CC(C)(C)OC(=O)N1CC(C(=O)O)CC(=O)N1. The number of rotatable bonds is 1. The molecular weight excluding hydrogens is 228 g/mol. The number of ether oxygens (including phenoxy) is 1. The lowest BCUT2D eigenvalue weighted by Gasteiger charge is -2.32. The Bertz CT molecular complexity index is 347. The molecule has 1 aliphatic heterocycles. The molecule has 1 aliphatic rings. The summed E-state index contributed by atoms with van der Waals surface area (Å²) in [4.78, 5) is 33.7. The lowest BCUT2D eigenvalue weighted by Crippen LogP contribution is -2.55.